The van der Waals surface area contributed by atoms with Gasteiger partial charge in [-0.05, 0) is 41.7 Å². The first-order chi connectivity index (χ1) is 11.6. The van der Waals surface area contributed by atoms with E-state index in [1.165, 1.54) is 0 Å². The largest absolute Gasteiger partial charge is 0.480 e. The molecular weight excluding hydrogens is 306 g/mol. The fourth-order valence-corrected chi connectivity index (χ4v) is 3.13. The van der Waals surface area contributed by atoms with E-state index in [1.807, 2.05) is 42.5 Å². The highest BCUT2D eigenvalue weighted by molar-refractivity contribution is 6.06. The lowest BCUT2D eigenvalue weighted by molar-refractivity contribution is -0.142. The average Bonchev–Trinajstić information content (AvgIpc) is 3.31. The molecule has 5 heteroatoms. The van der Waals surface area contributed by atoms with Crippen molar-refractivity contribution in [3.8, 4) is 0 Å². The number of furan rings is 1. The molecule has 2 aromatic carbocycles. The molecule has 1 aromatic heterocycles. The SMILES string of the molecule is O=C(Cc1cc2c(ccc3ccccc32)o1)NC(C(=O)O)C1CC1. The van der Waals surface area contributed by atoms with Gasteiger partial charge in [-0.3, -0.25) is 4.79 Å². The third-order valence-corrected chi connectivity index (χ3v) is 4.49. The molecule has 0 aliphatic heterocycles. The second-order valence-electron chi connectivity index (χ2n) is 6.31. The number of rotatable bonds is 5. The van der Waals surface area contributed by atoms with E-state index >= 15 is 0 Å². The van der Waals surface area contributed by atoms with E-state index < -0.39 is 12.0 Å². The Balaban J connectivity index is 1.57. The maximum Gasteiger partial charge on any atom is 0.326 e. The zero-order chi connectivity index (χ0) is 16.7. The minimum absolute atomic E-state index is 0.0412. The van der Waals surface area contributed by atoms with Crippen LogP contribution in [0.3, 0.4) is 0 Å². The summed E-state index contributed by atoms with van der Waals surface area (Å²) < 4.78 is 5.76. The van der Waals surface area contributed by atoms with Gasteiger partial charge in [-0.2, -0.15) is 0 Å². The molecule has 1 unspecified atom stereocenters. The third-order valence-electron chi connectivity index (χ3n) is 4.49. The fourth-order valence-electron chi connectivity index (χ4n) is 3.13. The van der Waals surface area contributed by atoms with E-state index in [0.29, 0.717) is 5.76 Å². The lowest BCUT2D eigenvalue weighted by Gasteiger charge is -2.12. The zero-order valence-electron chi connectivity index (χ0n) is 13.0. The molecule has 0 radical (unpaired) electrons. The summed E-state index contributed by atoms with van der Waals surface area (Å²) in [5, 5.41) is 15.0. The Morgan fingerprint density at radius 1 is 1.17 bits per heavy atom. The molecule has 1 heterocycles. The van der Waals surface area contributed by atoms with Crippen molar-refractivity contribution in [2.45, 2.75) is 25.3 Å². The van der Waals surface area contributed by atoms with Gasteiger partial charge in [-0.25, -0.2) is 4.79 Å². The Morgan fingerprint density at radius 3 is 2.71 bits per heavy atom. The Labute approximate surface area is 138 Å². The maximum atomic E-state index is 12.2. The van der Waals surface area contributed by atoms with Crippen molar-refractivity contribution in [1.29, 1.82) is 0 Å². The number of hydrogen-bond donors (Lipinski definition) is 2. The Kier molecular flexibility index (Phi) is 3.49. The monoisotopic (exact) mass is 323 g/mol. The number of amides is 1. The second kappa shape index (κ2) is 5.67. The van der Waals surface area contributed by atoms with Crippen LogP contribution in [-0.2, 0) is 16.0 Å². The maximum absolute atomic E-state index is 12.2. The molecule has 2 N–H and O–H groups in total. The summed E-state index contributed by atoms with van der Waals surface area (Å²) >= 11 is 0. The van der Waals surface area contributed by atoms with Crippen LogP contribution in [0.2, 0.25) is 0 Å². The normalized spacial score (nSPS) is 15.5. The molecule has 122 valence electrons. The predicted molar refractivity (Wildman–Crippen MR) is 89.7 cm³/mol. The number of carbonyl (C=O) groups excluding carboxylic acids is 1. The van der Waals surface area contributed by atoms with Gasteiger partial charge < -0.3 is 14.8 Å². The summed E-state index contributed by atoms with van der Waals surface area (Å²) in [6, 6.07) is 12.9. The van der Waals surface area contributed by atoms with Crippen LogP contribution in [0.5, 0.6) is 0 Å². The van der Waals surface area contributed by atoms with Crippen LogP contribution in [0, 0.1) is 5.92 Å². The molecule has 1 amide bonds. The molecule has 5 nitrogen and oxygen atoms in total. The molecular formula is C19H17NO4. The molecule has 1 fully saturated rings. The van der Waals surface area contributed by atoms with Crippen LogP contribution >= 0.6 is 0 Å². The highest BCUT2D eigenvalue weighted by Crippen LogP contribution is 2.33. The Morgan fingerprint density at radius 2 is 1.96 bits per heavy atom. The van der Waals surface area contributed by atoms with E-state index in [9.17, 15) is 14.7 Å². The third kappa shape index (κ3) is 2.73. The van der Waals surface area contributed by atoms with E-state index in [1.54, 1.807) is 0 Å². The van der Waals surface area contributed by atoms with Crippen LogP contribution < -0.4 is 5.32 Å². The topological polar surface area (TPSA) is 79.5 Å². The highest BCUT2D eigenvalue weighted by Gasteiger charge is 2.37. The summed E-state index contributed by atoms with van der Waals surface area (Å²) in [7, 11) is 0. The van der Waals surface area contributed by atoms with Crippen molar-refractivity contribution in [3.05, 3.63) is 48.2 Å². The Hall–Kier alpha value is -2.82. The molecule has 0 bridgehead atoms. The summed E-state index contributed by atoms with van der Waals surface area (Å²) in [5.74, 6) is -0.691. The predicted octanol–water partition coefficient (Wildman–Crippen LogP) is 3.11. The van der Waals surface area contributed by atoms with Crippen LogP contribution in [0.1, 0.15) is 18.6 Å². The Bertz CT molecular complexity index is 939. The minimum atomic E-state index is -0.971. The number of carboxylic acid groups (broad SMARTS) is 1. The fraction of sp³-hybridized carbons (Fsp3) is 0.263. The van der Waals surface area contributed by atoms with Crippen molar-refractivity contribution < 1.29 is 19.1 Å². The van der Waals surface area contributed by atoms with Crippen molar-refractivity contribution >= 4 is 33.6 Å². The summed E-state index contributed by atoms with van der Waals surface area (Å²) in [4.78, 5) is 23.4. The lowest BCUT2D eigenvalue weighted by Crippen LogP contribution is -2.43. The van der Waals surface area contributed by atoms with Crippen LogP contribution in [0.25, 0.3) is 21.7 Å². The second-order valence-corrected chi connectivity index (χ2v) is 6.31. The van der Waals surface area contributed by atoms with Gasteiger partial charge in [-0.1, -0.05) is 30.3 Å². The van der Waals surface area contributed by atoms with E-state index in [0.717, 1.165) is 34.6 Å². The molecule has 4 rings (SSSR count). The van der Waals surface area contributed by atoms with Gasteiger partial charge in [0.25, 0.3) is 0 Å². The molecule has 0 spiro atoms. The molecule has 0 saturated heterocycles. The first-order valence-corrected chi connectivity index (χ1v) is 8.04. The number of fused-ring (bicyclic) bond motifs is 3. The molecule has 1 aliphatic carbocycles. The van der Waals surface area contributed by atoms with Gasteiger partial charge in [0.15, 0.2) is 0 Å². The van der Waals surface area contributed by atoms with E-state index in [2.05, 4.69) is 5.32 Å². The number of hydrogen-bond acceptors (Lipinski definition) is 3. The molecule has 3 aromatic rings. The standard InChI is InChI=1S/C19H17NO4/c21-17(20-18(19(22)23)12-5-6-12)10-13-9-15-14-4-2-1-3-11(14)7-8-16(15)24-13/h1-4,7-9,12,18H,5-6,10H2,(H,20,21)(H,22,23). The smallest absolute Gasteiger partial charge is 0.326 e. The van der Waals surface area contributed by atoms with Gasteiger partial charge in [0.2, 0.25) is 5.91 Å². The summed E-state index contributed by atoms with van der Waals surface area (Å²) in [6.07, 6.45) is 1.75. The van der Waals surface area contributed by atoms with Crippen LogP contribution in [0.15, 0.2) is 46.9 Å². The molecule has 1 saturated carbocycles. The number of carboxylic acids is 1. The highest BCUT2D eigenvalue weighted by atomic mass is 16.4. The first kappa shape index (κ1) is 14.8. The van der Waals surface area contributed by atoms with Crippen molar-refractivity contribution in [2.75, 3.05) is 0 Å². The van der Waals surface area contributed by atoms with Gasteiger partial charge >= 0.3 is 5.97 Å². The average molecular weight is 323 g/mol. The summed E-state index contributed by atoms with van der Waals surface area (Å²) in [5.41, 5.74) is 0.730. The van der Waals surface area contributed by atoms with Crippen LogP contribution in [-0.4, -0.2) is 23.0 Å². The number of nitrogens with one attached hydrogen (secondary N) is 1. The van der Waals surface area contributed by atoms with Crippen molar-refractivity contribution in [1.82, 2.24) is 5.32 Å². The van der Waals surface area contributed by atoms with E-state index in [-0.39, 0.29) is 18.2 Å². The van der Waals surface area contributed by atoms with Gasteiger partial charge in [-0.15, -0.1) is 0 Å². The van der Waals surface area contributed by atoms with Gasteiger partial charge in [0, 0.05) is 5.39 Å². The first-order valence-electron chi connectivity index (χ1n) is 8.04. The van der Waals surface area contributed by atoms with Gasteiger partial charge in [0.1, 0.15) is 17.4 Å². The molecule has 24 heavy (non-hydrogen) atoms. The van der Waals surface area contributed by atoms with Crippen molar-refractivity contribution in [3.63, 3.8) is 0 Å². The zero-order valence-corrected chi connectivity index (χ0v) is 13.0. The minimum Gasteiger partial charge on any atom is -0.480 e. The quantitative estimate of drug-likeness (QED) is 0.756. The number of benzene rings is 2. The number of carbonyl (C=O) groups is 2. The van der Waals surface area contributed by atoms with Gasteiger partial charge in [0.05, 0.1) is 6.42 Å². The van der Waals surface area contributed by atoms with E-state index in [4.69, 9.17) is 4.42 Å². The number of aliphatic carboxylic acids is 1. The molecule has 1 aliphatic rings. The van der Waals surface area contributed by atoms with Crippen molar-refractivity contribution in [2.24, 2.45) is 5.92 Å². The van der Waals surface area contributed by atoms with Crippen LogP contribution in [0.4, 0.5) is 0 Å². The molecule has 1 atom stereocenters. The lowest BCUT2D eigenvalue weighted by atomic mass is 10.1. The summed E-state index contributed by atoms with van der Waals surface area (Å²) in [6.45, 7) is 0.